The monoisotopic (exact) mass is 469 g/mol. The molecule has 1 aromatic rings. The van der Waals surface area contributed by atoms with Gasteiger partial charge in [-0.1, -0.05) is 32.9 Å². The molecule has 0 bridgehead atoms. The zero-order chi connectivity index (χ0) is 23.7. The molecule has 11 heteroatoms. The van der Waals surface area contributed by atoms with Crippen LogP contribution in [-0.4, -0.2) is 69.4 Å². The van der Waals surface area contributed by atoms with Crippen LogP contribution in [0.4, 0.5) is 5.69 Å². The molecule has 1 amide bonds. The fourth-order valence-corrected chi connectivity index (χ4v) is 4.56. The largest absolute Gasteiger partial charge is 0.394 e. The smallest absolute Gasteiger partial charge is 0.241 e. The van der Waals surface area contributed by atoms with Crippen molar-refractivity contribution in [2.75, 3.05) is 32.9 Å². The predicted molar refractivity (Wildman–Crippen MR) is 121 cm³/mol. The first kappa shape index (κ1) is 26.2. The van der Waals surface area contributed by atoms with Crippen LogP contribution in [0.3, 0.4) is 0 Å². The normalized spacial score (nSPS) is 17.2. The Kier molecular flexibility index (Phi) is 10.0. The van der Waals surface area contributed by atoms with Gasteiger partial charge in [-0.3, -0.25) is 9.80 Å². The van der Waals surface area contributed by atoms with Crippen molar-refractivity contribution in [1.82, 2.24) is 15.0 Å². The highest BCUT2D eigenvalue weighted by Crippen LogP contribution is 2.19. The summed E-state index contributed by atoms with van der Waals surface area (Å²) in [6.45, 7) is 9.81. The number of nitrogens with zero attached hydrogens (tertiary/aromatic N) is 3. The van der Waals surface area contributed by atoms with Gasteiger partial charge in [-0.2, -0.15) is 4.72 Å². The quantitative estimate of drug-likeness (QED) is 0.424. The molecule has 0 spiro atoms. The molecule has 1 aliphatic rings. The summed E-state index contributed by atoms with van der Waals surface area (Å²) < 4.78 is 33.5. The molecule has 1 aromatic carbocycles. The van der Waals surface area contributed by atoms with Gasteiger partial charge in [-0.15, -0.1) is 5.11 Å². The topological polar surface area (TPSA) is 133 Å². The number of amides is 1. The van der Waals surface area contributed by atoms with Crippen LogP contribution in [0.5, 0.6) is 0 Å². The lowest BCUT2D eigenvalue weighted by atomic mass is 10.0. The predicted octanol–water partition coefficient (Wildman–Crippen LogP) is 1.84. The molecule has 0 aliphatic carbocycles. The fourth-order valence-electron chi connectivity index (χ4n) is 3.22. The van der Waals surface area contributed by atoms with Crippen molar-refractivity contribution < 1.29 is 23.1 Å². The SMILES string of the molecule is CC(C)C[C@@H](CO)NC(=O)[C@@H](NS(=O)(=O)c1ccc(N=NN2CCOCC2)cc1)C(C)C. The molecule has 1 fully saturated rings. The molecular formula is C21H35N5O5S. The molecule has 0 radical (unpaired) electrons. The maximum atomic E-state index is 12.9. The first-order valence-corrected chi connectivity index (χ1v) is 12.4. The van der Waals surface area contributed by atoms with Gasteiger partial charge in [0.2, 0.25) is 15.9 Å². The van der Waals surface area contributed by atoms with Gasteiger partial charge in [0.1, 0.15) is 6.04 Å². The van der Waals surface area contributed by atoms with Crippen molar-refractivity contribution in [2.45, 2.75) is 51.1 Å². The Hall–Kier alpha value is -2.08. The van der Waals surface area contributed by atoms with Gasteiger partial charge in [-0.05, 0) is 42.5 Å². The van der Waals surface area contributed by atoms with Crippen LogP contribution in [0.25, 0.3) is 0 Å². The van der Waals surface area contributed by atoms with Crippen LogP contribution in [0, 0.1) is 11.8 Å². The molecule has 0 aromatic heterocycles. The van der Waals surface area contributed by atoms with E-state index < -0.39 is 28.0 Å². The zero-order valence-corrected chi connectivity index (χ0v) is 20.0. The average molecular weight is 470 g/mol. The highest BCUT2D eigenvalue weighted by atomic mass is 32.2. The third-order valence-corrected chi connectivity index (χ3v) is 6.43. The van der Waals surface area contributed by atoms with E-state index in [1.807, 2.05) is 13.8 Å². The minimum Gasteiger partial charge on any atom is -0.394 e. The Labute approximate surface area is 190 Å². The van der Waals surface area contributed by atoms with Crippen LogP contribution >= 0.6 is 0 Å². The van der Waals surface area contributed by atoms with Gasteiger partial charge in [0.25, 0.3) is 0 Å². The van der Waals surface area contributed by atoms with Crippen LogP contribution in [0.2, 0.25) is 0 Å². The first-order valence-electron chi connectivity index (χ1n) is 10.9. The molecule has 32 heavy (non-hydrogen) atoms. The number of rotatable bonds is 11. The van der Waals surface area contributed by atoms with E-state index in [-0.39, 0.29) is 23.3 Å². The Morgan fingerprint density at radius 2 is 1.78 bits per heavy atom. The van der Waals surface area contributed by atoms with Gasteiger partial charge in [0.05, 0.1) is 49.5 Å². The van der Waals surface area contributed by atoms with Gasteiger partial charge in [0.15, 0.2) is 0 Å². The van der Waals surface area contributed by atoms with Gasteiger partial charge >= 0.3 is 0 Å². The number of benzene rings is 1. The number of ether oxygens (including phenoxy) is 1. The Balaban J connectivity index is 2.06. The van der Waals surface area contributed by atoms with E-state index in [9.17, 15) is 18.3 Å². The summed E-state index contributed by atoms with van der Waals surface area (Å²) in [4.78, 5) is 12.8. The van der Waals surface area contributed by atoms with E-state index in [4.69, 9.17) is 4.74 Å². The molecule has 1 heterocycles. The van der Waals surface area contributed by atoms with Crippen molar-refractivity contribution in [3.8, 4) is 0 Å². The molecule has 0 saturated carbocycles. The van der Waals surface area contributed by atoms with E-state index in [1.54, 1.807) is 31.0 Å². The number of morpholine rings is 1. The molecular weight excluding hydrogens is 434 g/mol. The number of hydrogen-bond donors (Lipinski definition) is 3. The maximum absolute atomic E-state index is 12.9. The van der Waals surface area contributed by atoms with Gasteiger partial charge < -0.3 is 15.2 Å². The number of carbonyl (C=O) groups is 1. The van der Waals surface area contributed by atoms with E-state index >= 15 is 0 Å². The van der Waals surface area contributed by atoms with Crippen molar-refractivity contribution >= 4 is 21.6 Å². The minimum absolute atomic E-state index is 0.0298. The second kappa shape index (κ2) is 12.2. The summed E-state index contributed by atoms with van der Waals surface area (Å²) in [5.41, 5.74) is 0.521. The standard InChI is InChI=1S/C21H35N5O5S/c1-15(2)13-18(14-27)22-21(28)20(16(3)4)24-32(29,30)19-7-5-17(6-8-19)23-25-26-9-11-31-12-10-26/h5-8,15-16,18,20,24,27H,9-14H2,1-4H3,(H,22,28)/t18-,20-/m0/s1. The fraction of sp³-hybridized carbons (Fsp3) is 0.667. The Bertz CT molecular complexity index is 852. The summed E-state index contributed by atoms with van der Waals surface area (Å²) in [5, 5.41) is 22.3. The van der Waals surface area contributed by atoms with Crippen LogP contribution in [0.15, 0.2) is 39.5 Å². The number of sulfonamides is 1. The van der Waals surface area contributed by atoms with Crippen molar-refractivity contribution in [3.63, 3.8) is 0 Å². The van der Waals surface area contributed by atoms with Crippen LogP contribution in [0.1, 0.15) is 34.1 Å². The lowest BCUT2D eigenvalue weighted by Gasteiger charge is -2.25. The summed E-state index contributed by atoms with van der Waals surface area (Å²) in [6, 6.07) is 4.59. The lowest BCUT2D eigenvalue weighted by molar-refractivity contribution is -0.124. The summed E-state index contributed by atoms with van der Waals surface area (Å²) in [6.07, 6.45) is 0.597. The summed E-state index contributed by atoms with van der Waals surface area (Å²) >= 11 is 0. The third kappa shape index (κ3) is 8.12. The molecule has 2 atom stereocenters. The zero-order valence-electron chi connectivity index (χ0n) is 19.2. The van der Waals surface area contributed by atoms with Crippen molar-refractivity contribution in [1.29, 1.82) is 0 Å². The van der Waals surface area contributed by atoms with Crippen LogP contribution < -0.4 is 10.0 Å². The molecule has 2 rings (SSSR count). The number of nitrogens with one attached hydrogen (secondary N) is 2. The van der Waals surface area contributed by atoms with E-state index in [2.05, 4.69) is 20.4 Å². The second-order valence-electron chi connectivity index (χ2n) is 8.61. The van der Waals surface area contributed by atoms with Gasteiger partial charge in [-0.25, -0.2) is 8.42 Å². The van der Waals surface area contributed by atoms with E-state index in [0.717, 1.165) is 0 Å². The maximum Gasteiger partial charge on any atom is 0.241 e. The third-order valence-electron chi connectivity index (χ3n) is 4.98. The molecule has 10 nitrogen and oxygen atoms in total. The minimum atomic E-state index is -3.94. The number of aliphatic hydroxyl groups excluding tert-OH is 1. The molecule has 1 saturated heterocycles. The highest BCUT2D eigenvalue weighted by Gasteiger charge is 2.29. The Morgan fingerprint density at radius 3 is 2.31 bits per heavy atom. The molecule has 1 aliphatic heterocycles. The second-order valence-corrected chi connectivity index (χ2v) is 10.3. The van der Waals surface area contributed by atoms with Crippen LogP contribution in [-0.2, 0) is 19.6 Å². The van der Waals surface area contributed by atoms with Crippen molar-refractivity contribution in [3.05, 3.63) is 24.3 Å². The van der Waals surface area contributed by atoms with E-state index in [0.29, 0.717) is 38.4 Å². The number of carbonyl (C=O) groups excluding carboxylic acids is 1. The highest BCUT2D eigenvalue weighted by molar-refractivity contribution is 7.89. The average Bonchev–Trinajstić information content (AvgIpc) is 2.76. The summed E-state index contributed by atoms with van der Waals surface area (Å²) in [7, 11) is -3.94. The number of hydrogen-bond acceptors (Lipinski definition) is 7. The first-order chi connectivity index (χ1) is 15.1. The molecule has 180 valence electrons. The molecule has 0 unspecified atom stereocenters. The number of aliphatic hydroxyl groups is 1. The van der Waals surface area contributed by atoms with E-state index in [1.165, 1.54) is 12.1 Å². The van der Waals surface area contributed by atoms with Gasteiger partial charge in [0, 0.05) is 0 Å². The Morgan fingerprint density at radius 1 is 1.16 bits per heavy atom. The van der Waals surface area contributed by atoms with Crippen molar-refractivity contribution in [2.24, 2.45) is 22.2 Å². The lowest BCUT2D eigenvalue weighted by Crippen LogP contribution is -2.52. The summed E-state index contributed by atoms with van der Waals surface area (Å²) in [5.74, 6) is -0.468. The molecule has 3 N–H and O–H groups in total.